The van der Waals surface area contributed by atoms with Crippen LogP contribution in [-0.2, 0) is 9.53 Å². The minimum atomic E-state index is -0.540. The number of carbonyl (C=O) groups is 2. The van der Waals surface area contributed by atoms with Gasteiger partial charge in [0, 0.05) is 15.8 Å². The third kappa shape index (κ3) is 4.58. The van der Waals surface area contributed by atoms with E-state index in [-0.39, 0.29) is 29.6 Å². The fourth-order valence-corrected chi connectivity index (χ4v) is 4.03. The van der Waals surface area contributed by atoms with E-state index in [4.69, 9.17) is 9.15 Å². The maximum absolute atomic E-state index is 13.7. The summed E-state index contributed by atoms with van der Waals surface area (Å²) in [6.07, 6.45) is 1.51. The van der Waals surface area contributed by atoms with E-state index in [1.165, 1.54) is 23.7 Å². The first-order valence-electron chi connectivity index (χ1n) is 8.09. The minimum Gasteiger partial charge on any atom is -0.464 e. The second kappa shape index (κ2) is 8.88. The standard InChI is InChI=1S/C19H16FNO4S2/c1-2-24-19(23)17-12(14-7-5-9-25-14)10-27-18(17)21-16(22)11-26-15-8-4-3-6-13(15)20/h3-10H,2,11H2,1H3,(H,21,22). The Morgan fingerprint density at radius 1 is 1.26 bits per heavy atom. The molecule has 0 unspecified atom stereocenters. The summed E-state index contributed by atoms with van der Waals surface area (Å²) >= 11 is 2.29. The smallest absolute Gasteiger partial charge is 0.341 e. The molecule has 140 valence electrons. The van der Waals surface area contributed by atoms with Gasteiger partial charge in [0.25, 0.3) is 0 Å². The monoisotopic (exact) mass is 405 g/mol. The summed E-state index contributed by atoms with van der Waals surface area (Å²) in [5.74, 6) is -0.741. The third-order valence-corrected chi connectivity index (χ3v) is 5.45. The number of benzene rings is 1. The number of halogens is 1. The number of rotatable bonds is 7. The zero-order chi connectivity index (χ0) is 19.2. The van der Waals surface area contributed by atoms with Crippen molar-refractivity contribution in [1.29, 1.82) is 0 Å². The fraction of sp³-hybridized carbons (Fsp3) is 0.158. The number of carbonyl (C=O) groups excluding carboxylic acids is 2. The molecule has 1 N–H and O–H groups in total. The normalized spacial score (nSPS) is 10.6. The molecule has 1 amide bonds. The highest BCUT2D eigenvalue weighted by Gasteiger charge is 2.24. The number of thiophene rings is 1. The number of esters is 1. The molecule has 0 saturated carbocycles. The van der Waals surface area contributed by atoms with E-state index in [9.17, 15) is 14.0 Å². The molecular weight excluding hydrogens is 389 g/mol. The van der Waals surface area contributed by atoms with Crippen LogP contribution < -0.4 is 5.32 Å². The van der Waals surface area contributed by atoms with Crippen molar-refractivity contribution in [3.63, 3.8) is 0 Å². The van der Waals surface area contributed by atoms with Gasteiger partial charge in [-0.25, -0.2) is 9.18 Å². The maximum Gasteiger partial charge on any atom is 0.341 e. The van der Waals surface area contributed by atoms with Gasteiger partial charge in [-0.1, -0.05) is 12.1 Å². The summed E-state index contributed by atoms with van der Waals surface area (Å²) in [5.41, 5.74) is 0.807. The first kappa shape index (κ1) is 19.2. The van der Waals surface area contributed by atoms with Crippen LogP contribution in [-0.4, -0.2) is 24.2 Å². The van der Waals surface area contributed by atoms with Gasteiger partial charge in [-0.2, -0.15) is 0 Å². The number of hydrogen-bond donors (Lipinski definition) is 1. The Morgan fingerprint density at radius 2 is 2.07 bits per heavy atom. The molecule has 0 aliphatic carbocycles. The van der Waals surface area contributed by atoms with Crippen LogP contribution in [0.4, 0.5) is 9.39 Å². The van der Waals surface area contributed by atoms with Gasteiger partial charge in [-0.15, -0.1) is 23.1 Å². The average molecular weight is 405 g/mol. The zero-order valence-corrected chi connectivity index (χ0v) is 16.0. The molecule has 0 spiro atoms. The summed E-state index contributed by atoms with van der Waals surface area (Å²) in [7, 11) is 0. The van der Waals surface area contributed by atoms with Crippen molar-refractivity contribution in [2.75, 3.05) is 17.7 Å². The van der Waals surface area contributed by atoms with Gasteiger partial charge in [0.05, 0.1) is 18.6 Å². The lowest BCUT2D eigenvalue weighted by Crippen LogP contribution is -2.16. The van der Waals surface area contributed by atoms with Gasteiger partial charge in [0.1, 0.15) is 22.1 Å². The van der Waals surface area contributed by atoms with Crippen LogP contribution in [0, 0.1) is 5.82 Å². The van der Waals surface area contributed by atoms with Gasteiger partial charge in [-0.05, 0) is 31.2 Å². The van der Waals surface area contributed by atoms with Crippen LogP contribution >= 0.6 is 23.1 Å². The van der Waals surface area contributed by atoms with Crippen molar-refractivity contribution < 1.29 is 23.1 Å². The highest BCUT2D eigenvalue weighted by molar-refractivity contribution is 8.00. The third-order valence-electron chi connectivity index (χ3n) is 3.51. The van der Waals surface area contributed by atoms with E-state index in [2.05, 4.69) is 5.32 Å². The molecule has 2 aromatic heterocycles. The molecule has 0 saturated heterocycles. The first-order chi connectivity index (χ1) is 13.1. The molecule has 1 aromatic carbocycles. The van der Waals surface area contributed by atoms with Crippen LogP contribution in [0.5, 0.6) is 0 Å². The highest BCUT2D eigenvalue weighted by Crippen LogP contribution is 2.36. The van der Waals surface area contributed by atoms with Gasteiger partial charge in [0.2, 0.25) is 5.91 Å². The van der Waals surface area contributed by atoms with Crippen LogP contribution in [0.1, 0.15) is 17.3 Å². The molecule has 0 bridgehead atoms. The Balaban J connectivity index is 1.77. The molecule has 8 heteroatoms. The lowest BCUT2D eigenvalue weighted by Gasteiger charge is -2.08. The molecule has 3 rings (SSSR count). The van der Waals surface area contributed by atoms with Gasteiger partial charge >= 0.3 is 5.97 Å². The quantitative estimate of drug-likeness (QED) is 0.440. The van der Waals surface area contributed by atoms with Crippen molar-refractivity contribution in [2.24, 2.45) is 0 Å². The Kier molecular flexibility index (Phi) is 6.31. The number of ether oxygens (including phenoxy) is 1. The molecule has 27 heavy (non-hydrogen) atoms. The van der Waals surface area contributed by atoms with E-state index >= 15 is 0 Å². The van der Waals surface area contributed by atoms with Crippen LogP contribution in [0.3, 0.4) is 0 Å². The Morgan fingerprint density at radius 3 is 2.78 bits per heavy atom. The first-order valence-corrected chi connectivity index (χ1v) is 9.96. The summed E-state index contributed by atoms with van der Waals surface area (Å²) in [6.45, 7) is 1.92. The molecule has 2 heterocycles. The highest BCUT2D eigenvalue weighted by atomic mass is 32.2. The number of hydrogen-bond acceptors (Lipinski definition) is 6. The van der Waals surface area contributed by atoms with Gasteiger partial charge in [0.15, 0.2) is 0 Å². The van der Waals surface area contributed by atoms with Crippen molar-refractivity contribution >= 4 is 40.0 Å². The Bertz CT molecular complexity index is 937. The van der Waals surface area contributed by atoms with Crippen molar-refractivity contribution in [3.8, 4) is 11.3 Å². The second-order valence-electron chi connectivity index (χ2n) is 5.32. The maximum atomic E-state index is 13.7. The molecule has 0 fully saturated rings. The van der Waals surface area contributed by atoms with Gasteiger partial charge < -0.3 is 14.5 Å². The lowest BCUT2D eigenvalue weighted by atomic mass is 10.1. The van der Waals surface area contributed by atoms with Gasteiger partial charge in [-0.3, -0.25) is 4.79 Å². The largest absolute Gasteiger partial charge is 0.464 e. The predicted octanol–water partition coefficient (Wildman–Crippen LogP) is 5.05. The van der Waals surface area contributed by atoms with E-state index in [0.717, 1.165) is 11.8 Å². The Labute approximate surface area is 163 Å². The van der Waals surface area contributed by atoms with E-state index < -0.39 is 5.97 Å². The molecule has 0 atom stereocenters. The summed E-state index contributed by atoms with van der Waals surface area (Å²) in [6, 6.07) is 9.69. The number of thioether (sulfide) groups is 1. The SMILES string of the molecule is CCOC(=O)c1c(-c2ccco2)csc1NC(=O)CSc1ccccc1F. The molecule has 0 radical (unpaired) electrons. The number of nitrogens with one attached hydrogen (secondary N) is 1. The summed E-state index contributed by atoms with van der Waals surface area (Å²) < 4.78 is 24.1. The summed E-state index contributed by atoms with van der Waals surface area (Å²) in [4.78, 5) is 25.1. The molecule has 0 aliphatic heterocycles. The van der Waals surface area contributed by atoms with E-state index in [1.807, 2.05) is 0 Å². The number of anilines is 1. The van der Waals surface area contributed by atoms with Crippen LogP contribution in [0.2, 0.25) is 0 Å². The number of furan rings is 1. The molecule has 5 nitrogen and oxygen atoms in total. The molecular formula is C19H16FNO4S2. The molecule has 3 aromatic rings. The average Bonchev–Trinajstić information content (AvgIpc) is 3.30. The van der Waals surface area contributed by atoms with Crippen LogP contribution in [0.15, 0.2) is 57.4 Å². The minimum absolute atomic E-state index is 0.0111. The predicted molar refractivity (Wildman–Crippen MR) is 104 cm³/mol. The molecule has 0 aliphatic rings. The Hall–Kier alpha value is -2.58. The second-order valence-corrected chi connectivity index (χ2v) is 7.22. The van der Waals surface area contributed by atoms with E-state index in [1.54, 1.807) is 42.6 Å². The van der Waals surface area contributed by atoms with Crippen molar-refractivity contribution in [3.05, 3.63) is 59.4 Å². The number of amides is 1. The fourth-order valence-electron chi connectivity index (χ4n) is 2.34. The summed E-state index contributed by atoms with van der Waals surface area (Å²) in [5, 5.41) is 4.82. The topological polar surface area (TPSA) is 68.5 Å². The van der Waals surface area contributed by atoms with Crippen molar-refractivity contribution in [2.45, 2.75) is 11.8 Å². The van der Waals surface area contributed by atoms with Crippen LogP contribution in [0.25, 0.3) is 11.3 Å². The lowest BCUT2D eigenvalue weighted by molar-refractivity contribution is -0.113. The van der Waals surface area contributed by atoms with Crippen molar-refractivity contribution in [1.82, 2.24) is 0 Å². The van der Waals surface area contributed by atoms with E-state index in [0.29, 0.717) is 21.2 Å². The zero-order valence-electron chi connectivity index (χ0n) is 14.4.